The first-order chi connectivity index (χ1) is 24.8. The van der Waals surface area contributed by atoms with Crippen molar-refractivity contribution >= 4 is 19.8 Å². The normalized spacial score (nSPS) is 13.4. The number of phosphoric ester groups is 1. The Morgan fingerprint density at radius 1 is 0.569 bits per heavy atom. The van der Waals surface area contributed by atoms with Crippen molar-refractivity contribution in [2.24, 2.45) is 5.73 Å². The number of ether oxygens (including phenoxy) is 2. The fraction of sp³-hybridized carbons (Fsp3) is 0.902. The van der Waals surface area contributed by atoms with Gasteiger partial charge in [0.1, 0.15) is 6.61 Å². The summed E-state index contributed by atoms with van der Waals surface area (Å²) >= 11 is 0. The van der Waals surface area contributed by atoms with Gasteiger partial charge < -0.3 is 20.1 Å². The van der Waals surface area contributed by atoms with Gasteiger partial charge in [-0.3, -0.25) is 18.6 Å². The maximum Gasteiger partial charge on any atom is 0.472 e. The fourth-order valence-electron chi connectivity index (χ4n) is 5.98. The van der Waals surface area contributed by atoms with Gasteiger partial charge in [-0.1, -0.05) is 167 Å². The maximum absolute atomic E-state index is 12.5. The van der Waals surface area contributed by atoms with Crippen LogP contribution in [0.5, 0.6) is 0 Å². The predicted octanol–water partition coefficient (Wildman–Crippen LogP) is 11.8. The molecule has 0 aliphatic carbocycles. The summed E-state index contributed by atoms with van der Waals surface area (Å²) in [6.07, 6.45) is 38.1. The van der Waals surface area contributed by atoms with Crippen molar-refractivity contribution in [1.82, 2.24) is 0 Å². The van der Waals surface area contributed by atoms with Gasteiger partial charge in [0.05, 0.1) is 13.2 Å². The molecule has 1 unspecified atom stereocenters. The average Bonchev–Trinajstić information content (AvgIpc) is 3.11. The standard InChI is InChI=1S/C41H80NO8P/c1-3-5-7-9-11-13-15-17-18-19-20-22-23-25-27-29-31-33-40(43)47-37-39(38-49-51(45,46)48-36-35-42)50-41(44)34-32-30-28-26-24-21-16-14-12-10-8-6-4-2/h17-18,39H,3-16,19-38,42H2,1-2H3,(H,45,46)/b18-17-/t39-/m1/s1. The summed E-state index contributed by atoms with van der Waals surface area (Å²) in [6, 6.07) is 0. The largest absolute Gasteiger partial charge is 0.472 e. The molecule has 0 bridgehead atoms. The van der Waals surface area contributed by atoms with Gasteiger partial charge in [-0.25, -0.2) is 4.57 Å². The van der Waals surface area contributed by atoms with Crippen LogP contribution in [0.25, 0.3) is 0 Å². The van der Waals surface area contributed by atoms with Crippen LogP contribution in [0.15, 0.2) is 12.2 Å². The zero-order chi connectivity index (χ0) is 37.5. The van der Waals surface area contributed by atoms with E-state index in [2.05, 4.69) is 26.0 Å². The van der Waals surface area contributed by atoms with Gasteiger partial charge in [-0.05, 0) is 38.5 Å². The molecule has 0 fully saturated rings. The lowest BCUT2D eigenvalue weighted by atomic mass is 10.0. The number of carbonyl (C=O) groups excluding carboxylic acids is 2. The number of phosphoric acid groups is 1. The van der Waals surface area contributed by atoms with Crippen molar-refractivity contribution in [2.75, 3.05) is 26.4 Å². The Balaban J connectivity index is 4.13. The van der Waals surface area contributed by atoms with Crippen LogP contribution in [0.1, 0.15) is 206 Å². The highest BCUT2D eigenvalue weighted by molar-refractivity contribution is 7.47. The molecule has 0 amide bonds. The summed E-state index contributed by atoms with van der Waals surface area (Å²) < 4.78 is 32.7. The third-order valence-corrected chi connectivity index (χ3v) is 10.1. The van der Waals surface area contributed by atoms with Crippen molar-refractivity contribution < 1.29 is 37.6 Å². The van der Waals surface area contributed by atoms with Gasteiger partial charge in [0.15, 0.2) is 6.10 Å². The number of nitrogens with two attached hydrogens (primary N) is 1. The van der Waals surface area contributed by atoms with Crippen LogP contribution >= 0.6 is 7.82 Å². The second-order valence-corrected chi connectivity index (χ2v) is 15.7. The van der Waals surface area contributed by atoms with E-state index < -0.39 is 26.5 Å². The molecule has 0 spiro atoms. The van der Waals surface area contributed by atoms with Gasteiger partial charge in [0, 0.05) is 19.4 Å². The molecule has 0 saturated heterocycles. The van der Waals surface area contributed by atoms with Crippen molar-refractivity contribution in [3.63, 3.8) is 0 Å². The summed E-state index contributed by atoms with van der Waals surface area (Å²) in [4.78, 5) is 34.8. The average molecular weight is 746 g/mol. The molecule has 302 valence electrons. The molecule has 9 nitrogen and oxygen atoms in total. The Bertz CT molecular complexity index is 856. The maximum atomic E-state index is 12.5. The fourth-order valence-corrected chi connectivity index (χ4v) is 6.75. The Labute approximate surface area is 313 Å². The highest BCUT2D eigenvalue weighted by Gasteiger charge is 2.26. The Morgan fingerprint density at radius 3 is 1.39 bits per heavy atom. The molecule has 3 N–H and O–H groups in total. The van der Waals surface area contributed by atoms with Gasteiger partial charge in [-0.2, -0.15) is 0 Å². The number of hydrogen-bond acceptors (Lipinski definition) is 8. The van der Waals surface area contributed by atoms with E-state index in [0.717, 1.165) is 32.1 Å². The first-order valence-corrected chi connectivity index (χ1v) is 22.7. The number of esters is 2. The van der Waals surface area contributed by atoms with Crippen LogP contribution in [-0.2, 0) is 32.7 Å². The van der Waals surface area contributed by atoms with E-state index in [9.17, 15) is 19.0 Å². The topological polar surface area (TPSA) is 134 Å². The Kier molecular flexibility index (Phi) is 37.5. The van der Waals surface area contributed by atoms with E-state index in [4.69, 9.17) is 24.3 Å². The molecule has 2 atom stereocenters. The third kappa shape index (κ3) is 38.3. The van der Waals surface area contributed by atoms with E-state index in [1.165, 1.54) is 141 Å². The molecule has 0 aromatic rings. The van der Waals surface area contributed by atoms with Gasteiger partial charge in [0.2, 0.25) is 0 Å². The Hall–Kier alpha value is -1.25. The molecule has 0 aromatic carbocycles. The molecule has 0 aromatic heterocycles. The minimum Gasteiger partial charge on any atom is -0.462 e. The first-order valence-electron chi connectivity index (χ1n) is 21.2. The number of rotatable bonds is 40. The number of hydrogen-bond donors (Lipinski definition) is 2. The molecular weight excluding hydrogens is 665 g/mol. The third-order valence-electron chi connectivity index (χ3n) is 9.15. The van der Waals surface area contributed by atoms with Crippen molar-refractivity contribution in [1.29, 1.82) is 0 Å². The second-order valence-electron chi connectivity index (χ2n) is 14.2. The van der Waals surface area contributed by atoms with E-state index in [0.29, 0.717) is 6.42 Å². The lowest BCUT2D eigenvalue weighted by Gasteiger charge is -2.19. The predicted molar refractivity (Wildman–Crippen MR) is 211 cm³/mol. The van der Waals surface area contributed by atoms with Crippen LogP contribution in [-0.4, -0.2) is 49.3 Å². The molecule has 0 saturated carbocycles. The summed E-state index contributed by atoms with van der Waals surface area (Å²) in [5, 5.41) is 0. The van der Waals surface area contributed by atoms with E-state index >= 15 is 0 Å². The van der Waals surface area contributed by atoms with Crippen LogP contribution < -0.4 is 5.73 Å². The summed E-state index contributed by atoms with van der Waals surface area (Å²) in [5.41, 5.74) is 5.34. The van der Waals surface area contributed by atoms with E-state index in [-0.39, 0.29) is 38.6 Å². The molecule has 0 radical (unpaired) electrons. The molecule has 10 heteroatoms. The first kappa shape index (κ1) is 49.8. The number of carbonyl (C=O) groups is 2. The summed E-state index contributed by atoms with van der Waals surface area (Å²) in [5.74, 6) is -0.825. The van der Waals surface area contributed by atoms with Crippen LogP contribution in [0, 0.1) is 0 Å². The van der Waals surface area contributed by atoms with Gasteiger partial charge in [-0.15, -0.1) is 0 Å². The lowest BCUT2D eigenvalue weighted by molar-refractivity contribution is -0.161. The minimum absolute atomic E-state index is 0.0556. The van der Waals surface area contributed by atoms with Crippen LogP contribution in [0.3, 0.4) is 0 Å². The molecule has 0 aliphatic heterocycles. The quantitative estimate of drug-likeness (QED) is 0.0272. The SMILES string of the molecule is CCCCCCCC/C=C\CCCCCCCCCC(=O)OC[C@H](COP(=O)(O)OCCN)OC(=O)CCCCCCCCCCCCCCC. The molecular formula is C41H80NO8P. The van der Waals surface area contributed by atoms with E-state index in [1.807, 2.05) is 0 Å². The number of allylic oxidation sites excluding steroid dienone is 2. The smallest absolute Gasteiger partial charge is 0.462 e. The van der Waals surface area contributed by atoms with Gasteiger partial charge in [0.25, 0.3) is 0 Å². The molecule has 0 rings (SSSR count). The van der Waals surface area contributed by atoms with Crippen LogP contribution in [0.4, 0.5) is 0 Å². The monoisotopic (exact) mass is 746 g/mol. The minimum atomic E-state index is -4.37. The van der Waals surface area contributed by atoms with Crippen molar-refractivity contribution in [2.45, 2.75) is 213 Å². The van der Waals surface area contributed by atoms with Gasteiger partial charge >= 0.3 is 19.8 Å². The molecule has 0 aliphatic rings. The molecule has 51 heavy (non-hydrogen) atoms. The summed E-state index contributed by atoms with van der Waals surface area (Å²) in [7, 11) is -4.37. The lowest BCUT2D eigenvalue weighted by Crippen LogP contribution is -2.29. The highest BCUT2D eigenvalue weighted by atomic mass is 31.2. The summed E-state index contributed by atoms with van der Waals surface area (Å²) in [6.45, 7) is 3.74. The highest BCUT2D eigenvalue weighted by Crippen LogP contribution is 2.43. The molecule has 0 heterocycles. The number of unbranched alkanes of at least 4 members (excludes halogenated alkanes) is 25. The van der Waals surface area contributed by atoms with E-state index in [1.54, 1.807) is 0 Å². The van der Waals surface area contributed by atoms with Crippen LogP contribution in [0.2, 0.25) is 0 Å². The zero-order valence-electron chi connectivity index (χ0n) is 33.1. The second kappa shape index (κ2) is 38.5. The Morgan fingerprint density at radius 2 is 0.961 bits per heavy atom. The zero-order valence-corrected chi connectivity index (χ0v) is 34.0. The van der Waals surface area contributed by atoms with Crippen molar-refractivity contribution in [3.05, 3.63) is 12.2 Å². The van der Waals surface area contributed by atoms with Crippen molar-refractivity contribution in [3.8, 4) is 0 Å².